The monoisotopic (exact) mass is 292 g/mol. The molecule has 4 nitrogen and oxygen atoms in total. The van der Waals surface area contributed by atoms with Gasteiger partial charge in [0.25, 0.3) is 0 Å². The summed E-state index contributed by atoms with van der Waals surface area (Å²) >= 11 is 3.44. The van der Waals surface area contributed by atoms with Gasteiger partial charge in [-0.05, 0) is 20.8 Å². The van der Waals surface area contributed by atoms with E-state index in [1.807, 2.05) is 6.92 Å². The van der Waals surface area contributed by atoms with Crippen LogP contribution in [0.3, 0.4) is 0 Å². The number of nitrogens with zero attached hydrogens (tertiary/aromatic N) is 3. The van der Waals surface area contributed by atoms with Crippen LogP contribution in [0.5, 0.6) is 0 Å². The number of hydrogen-bond acceptors (Lipinski definition) is 5. The zero-order chi connectivity index (χ0) is 13.4. The van der Waals surface area contributed by atoms with E-state index in [4.69, 9.17) is 0 Å². The zero-order valence-electron chi connectivity index (χ0n) is 11.2. The standard InChI is InChI=1S/C13H16N4S2/c1-8-7-18-12(15-8)5-14-4-11-10(3)16-13-17(11)6-9(2)19-13/h6-7,14H,4-5H2,1-3H3. The third-order valence-electron chi connectivity index (χ3n) is 2.98. The molecule has 1 N–H and O–H groups in total. The third kappa shape index (κ3) is 2.56. The molecule has 0 aliphatic rings. The molecule has 100 valence electrons. The van der Waals surface area contributed by atoms with Crippen molar-refractivity contribution in [2.24, 2.45) is 0 Å². The summed E-state index contributed by atoms with van der Waals surface area (Å²) in [5.41, 5.74) is 3.44. The van der Waals surface area contributed by atoms with E-state index in [1.165, 1.54) is 10.6 Å². The number of aromatic nitrogens is 3. The molecule has 3 aromatic heterocycles. The van der Waals surface area contributed by atoms with Crippen molar-refractivity contribution in [3.05, 3.63) is 38.5 Å². The summed E-state index contributed by atoms with van der Waals surface area (Å²) in [6, 6.07) is 0. The number of hydrogen-bond donors (Lipinski definition) is 1. The zero-order valence-corrected chi connectivity index (χ0v) is 12.9. The lowest BCUT2D eigenvalue weighted by Crippen LogP contribution is -2.14. The molecule has 0 saturated heterocycles. The molecule has 3 heterocycles. The highest BCUT2D eigenvalue weighted by Crippen LogP contribution is 2.20. The van der Waals surface area contributed by atoms with Crippen LogP contribution in [0, 0.1) is 20.8 Å². The Morgan fingerprint density at radius 3 is 2.79 bits per heavy atom. The van der Waals surface area contributed by atoms with Gasteiger partial charge in [0.2, 0.25) is 0 Å². The second-order valence-electron chi connectivity index (χ2n) is 4.62. The van der Waals surface area contributed by atoms with Gasteiger partial charge >= 0.3 is 0 Å². The van der Waals surface area contributed by atoms with Crippen LogP contribution in [0.15, 0.2) is 11.6 Å². The van der Waals surface area contributed by atoms with E-state index < -0.39 is 0 Å². The molecule has 6 heteroatoms. The number of aryl methyl sites for hydroxylation is 3. The lowest BCUT2D eigenvalue weighted by atomic mass is 10.3. The molecule has 0 amide bonds. The molecule has 0 unspecified atom stereocenters. The Morgan fingerprint density at radius 2 is 2.05 bits per heavy atom. The molecule has 0 saturated carbocycles. The fourth-order valence-corrected chi connectivity index (χ4v) is 3.73. The third-order valence-corrected chi connectivity index (χ3v) is 4.84. The van der Waals surface area contributed by atoms with Crippen molar-refractivity contribution in [3.8, 4) is 0 Å². The molecule has 0 aromatic carbocycles. The second-order valence-corrected chi connectivity index (χ2v) is 6.78. The first kappa shape index (κ1) is 12.8. The first-order chi connectivity index (χ1) is 9.13. The van der Waals surface area contributed by atoms with E-state index in [0.29, 0.717) is 0 Å². The van der Waals surface area contributed by atoms with Crippen molar-refractivity contribution in [3.63, 3.8) is 0 Å². The Kier molecular flexibility index (Phi) is 3.38. The summed E-state index contributed by atoms with van der Waals surface area (Å²) in [5.74, 6) is 0. The van der Waals surface area contributed by atoms with Gasteiger partial charge in [-0.15, -0.1) is 22.7 Å². The van der Waals surface area contributed by atoms with Gasteiger partial charge < -0.3 is 5.32 Å². The molecule has 0 aliphatic heterocycles. The predicted octanol–water partition coefficient (Wildman–Crippen LogP) is 3.07. The van der Waals surface area contributed by atoms with E-state index in [1.54, 1.807) is 22.7 Å². The van der Waals surface area contributed by atoms with Crippen LogP contribution in [0.1, 0.15) is 27.0 Å². The summed E-state index contributed by atoms with van der Waals surface area (Å²) in [6.45, 7) is 7.85. The first-order valence-corrected chi connectivity index (χ1v) is 7.89. The Balaban J connectivity index is 1.72. The molecule has 3 aromatic rings. The molecular weight excluding hydrogens is 276 g/mol. The predicted molar refractivity (Wildman–Crippen MR) is 79.9 cm³/mol. The van der Waals surface area contributed by atoms with Crippen molar-refractivity contribution in [1.82, 2.24) is 19.7 Å². The maximum Gasteiger partial charge on any atom is 0.194 e. The van der Waals surface area contributed by atoms with Crippen LogP contribution in [0.2, 0.25) is 0 Å². The summed E-state index contributed by atoms with van der Waals surface area (Å²) in [4.78, 5) is 11.4. The van der Waals surface area contributed by atoms with Crippen LogP contribution in [0.25, 0.3) is 4.96 Å². The van der Waals surface area contributed by atoms with E-state index in [-0.39, 0.29) is 0 Å². The van der Waals surface area contributed by atoms with Crippen molar-refractivity contribution in [1.29, 1.82) is 0 Å². The fraction of sp³-hybridized carbons (Fsp3) is 0.385. The molecule has 19 heavy (non-hydrogen) atoms. The van der Waals surface area contributed by atoms with E-state index >= 15 is 0 Å². The highest BCUT2D eigenvalue weighted by atomic mass is 32.1. The molecule has 0 bridgehead atoms. The average molecular weight is 292 g/mol. The molecule has 0 fully saturated rings. The van der Waals surface area contributed by atoms with Gasteiger partial charge in [0.1, 0.15) is 5.01 Å². The summed E-state index contributed by atoms with van der Waals surface area (Å²) in [7, 11) is 0. The lowest BCUT2D eigenvalue weighted by Gasteiger charge is -2.03. The Hall–Kier alpha value is -1.24. The molecule has 0 atom stereocenters. The average Bonchev–Trinajstić information content (AvgIpc) is 2.97. The van der Waals surface area contributed by atoms with E-state index in [2.05, 4.69) is 45.1 Å². The molecule has 0 spiro atoms. The van der Waals surface area contributed by atoms with Gasteiger partial charge in [0, 0.05) is 35.2 Å². The minimum absolute atomic E-state index is 0.814. The van der Waals surface area contributed by atoms with Crippen LogP contribution in [0.4, 0.5) is 0 Å². The number of imidazole rings is 1. The molecule has 3 rings (SSSR count). The maximum absolute atomic E-state index is 4.59. The van der Waals surface area contributed by atoms with Gasteiger partial charge in [0.05, 0.1) is 11.4 Å². The van der Waals surface area contributed by atoms with Gasteiger partial charge in [-0.3, -0.25) is 4.40 Å². The van der Waals surface area contributed by atoms with Crippen molar-refractivity contribution < 1.29 is 0 Å². The van der Waals surface area contributed by atoms with Crippen LogP contribution >= 0.6 is 22.7 Å². The molecule has 0 aliphatic carbocycles. The number of nitrogens with one attached hydrogen (secondary N) is 1. The highest BCUT2D eigenvalue weighted by Gasteiger charge is 2.10. The largest absolute Gasteiger partial charge is 0.305 e. The van der Waals surface area contributed by atoms with Crippen molar-refractivity contribution in [2.45, 2.75) is 33.9 Å². The van der Waals surface area contributed by atoms with E-state index in [0.717, 1.165) is 34.4 Å². The first-order valence-electron chi connectivity index (χ1n) is 6.19. The Bertz CT molecular complexity index is 707. The fourth-order valence-electron chi connectivity index (χ4n) is 2.09. The van der Waals surface area contributed by atoms with Crippen LogP contribution in [-0.4, -0.2) is 14.4 Å². The number of fused-ring (bicyclic) bond motifs is 1. The Labute approximate surface area is 120 Å². The van der Waals surface area contributed by atoms with Crippen LogP contribution in [-0.2, 0) is 13.1 Å². The van der Waals surface area contributed by atoms with Crippen molar-refractivity contribution >= 4 is 27.6 Å². The van der Waals surface area contributed by atoms with Crippen molar-refractivity contribution in [2.75, 3.05) is 0 Å². The van der Waals surface area contributed by atoms with Gasteiger partial charge in [-0.1, -0.05) is 0 Å². The second kappa shape index (κ2) is 5.03. The maximum atomic E-state index is 4.59. The van der Waals surface area contributed by atoms with Gasteiger partial charge in [-0.25, -0.2) is 9.97 Å². The highest BCUT2D eigenvalue weighted by molar-refractivity contribution is 7.17. The van der Waals surface area contributed by atoms with Crippen LogP contribution < -0.4 is 5.32 Å². The van der Waals surface area contributed by atoms with Gasteiger partial charge in [-0.2, -0.15) is 0 Å². The minimum atomic E-state index is 0.814. The smallest absolute Gasteiger partial charge is 0.194 e. The van der Waals surface area contributed by atoms with Gasteiger partial charge in [0.15, 0.2) is 4.96 Å². The quantitative estimate of drug-likeness (QED) is 0.803. The topological polar surface area (TPSA) is 42.2 Å². The number of thiazole rings is 2. The number of rotatable bonds is 4. The molecule has 0 radical (unpaired) electrons. The molecular formula is C13H16N4S2. The summed E-state index contributed by atoms with van der Waals surface area (Å²) < 4.78 is 2.19. The SMILES string of the molecule is Cc1csc(CNCc2c(C)nc3sc(C)cn23)n1. The lowest BCUT2D eigenvalue weighted by molar-refractivity contribution is 0.669. The summed E-state index contributed by atoms with van der Waals surface area (Å²) in [5, 5.41) is 6.67. The normalized spacial score (nSPS) is 11.5. The Morgan fingerprint density at radius 1 is 1.21 bits per heavy atom. The summed E-state index contributed by atoms with van der Waals surface area (Å²) in [6.07, 6.45) is 2.16. The van der Waals surface area contributed by atoms with E-state index in [9.17, 15) is 0 Å². The minimum Gasteiger partial charge on any atom is -0.305 e.